The summed E-state index contributed by atoms with van der Waals surface area (Å²) in [5, 5.41) is 31.9. The van der Waals surface area contributed by atoms with Gasteiger partial charge in [0.2, 0.25) is 17.7 Å². The van der Waals surface area contributed by atoms with Gasteiger partial charge in [0.15, 0.2) is 5.96 Å². The first kappa shape index (κ1) is 38.7. The van der Waals surface area contributed by atoms with Gasteiger partial charge in [-0.3, -0.25) is 34.7 Å². The van der Waals surface area contributed by atoms with Crippen LogP contribution in [0.15, 0.2) is 84.9 Å². The lowest BCUT2D eigenvalue weighted by atomic mass is 10.00. The van der Waals surface area contributed by atoms with E-state index in [4.69, 9.17) is 11.1 Å². The van der Waals surface area contributed by atoms with E-state index in [0.717, 1.165) is 5.56 Å². The second kappa shape index (κ2) is 19.2. The van der Waals surface area contributed by atoms with Crippen molar-refractivity contribution in [3.63, 3.8) is 0 Å². The van der Waals surface area contributed by atoms with E-state index in [1.807, 2.05) is 30.3 Å². The molecule has 0 bridgehead atoms. The molecule has 0 aliphatic heterocycles. The van der Waals surface area contributed by atoms with E-state index >= 15 is 0 Å². The zero-order valence-electron chi connectivity index (χ0n) is 26.6. The van der Waals surface area contributed by atoms with Crippen LogP contribution >= 0.6 is 12.4 Å². The van der Waals surface area contributed by atoms with Gasteiger partial charge in [0.1, 0.15) is 18.1 Å². The monoisotopic (exact) mass is 680 g/mol. The maximum absolute atomic E-state index is 13.7. The van der Waals surface area contributed by atoms with Gasteiger partial charge in [-0.2, -0.15) is 0 Å². The molecular weight excluding hydrogens is 640 g/mol. The summed E-state index contributed by atoms with van der Waals surface area (Å²) in [6.45, 7) is 3.74. The molecule has 48 heavy (non-hydrogen) atoms. The van der Waals surface area contributed by atoms with Gasteiger partial charge in [-0.05, 0) is 48.6 Å². The molecule has 3 rings (SSSR count). The average molecular weight is 681 g/mol. The Labute approximate surface area is 284 Å². The van der Waals surface area contributed by atoms with Crippen LogP contribution in [0.4, 0.5) is 11.4 Å². The lowest BCUT2D eigenvalue weighted by molar-refractivity contribution is -0.384. The molecule has 0 heterocycles. The SMILES string of the molecule is CC(C)[C@H](NC(=O)[C@H](Cc1ccccc1)NC(=O)c1ccccc1)C(=O)N[C@@H](CCCNC(=N)N)C(=O)Nc1ccc([N+](=O)[O-])cc1.Cl. The van der Waals surface area contributed by atoms with Crippen molar-refractivity contribution in [3.8, 4) is 0 Å². The molecule has 0 unspecified atom stereocenters. The number of non-ortho nitro benzene ring substituents is 1. The number of anilines is 1. The number of rotatable bonds is 16. The van der Waals surface area contributed by atoms with Crippen molar-refractivity contribution in [1.29, 1.82) is 5.41 Å². The highest BCUT2D eigenvalue weighted by atomic mass is 35.5. The van der Waals surface area contributed by atoms with Crippen molar-refractivity contribution in [2.45, 2.75) is 51.2 Å². The first-order valence-electron chi connectivity index (χ1n) is 15.1. The number of benzene rings is 3. The molecule has 0 saturated carbocycles. The highest BCUT2D eigenvalue weighted by Crippen LogP contribution is 2.16. The summed E-state index contributed by atoms with van der Waals surface area (Å²) in [5.41, 5.74) is 6.66. The van der Waals surface area contributed by atoms with Crippen molar-refractivity contribution >= 4 is 53.4 Å². The van der Waals surface area contributed by atoms with Crippen LogP contribution in [0.3, 0.4) is 0 Å². The molecule has 0 aliphatic rings. The minimum absolute atomic E-state index is 0. The van der Waals surface area contributed by atoms with Gasteiger partial charge in [0.05, 0.1) is 4.92 Å². The molecule has 4 amide bonds. The van der Waals surface area contributed by atoms with Crippen LogP contribution < -0.4 is 32.3 Å². The maximum atomic E-state index is 13.7. The summed E-state index contributed by atoms with van der Waals surface area (Å²) in [7, 11) is 0. The molecule has 256 valence electrons. The third-order valence-electron chi connectivity index (χ3n) is 7.15. The third kappa shape index (κ3) is 12.4. The van der Waals surface area contributed by atoms with Gasteiger partial charge in [0.25, 0.3) is 11.6 Å². The molecule has 0 radical (unpaired) electrons. The van der Waals surface area contributed by atoms with E-state index in [1.54, 1.807) is 44.2 Å². The molecule has 8 N–H and O–H groups in total. The van der Waals surface area contributed by atoms with Crippen molar-refractivity contribution in [3.05, 3.63) is 106 Å². The minimum atomic E-state index is -1.07. The Kier molecular flexibility index (Phi) is 15.5. The topological polar surface area (TPSA) is 221 Å². The number of amides is 4. The summed E-state index contributed by atoms with van der Waals surface area (Å²) < 4.78 is 0. The number of halogens is 1. The fourth-order valence-corrected chi connectivity index (χ4v) is 4.63. The van der Waals surface area contributed by atoms with Crippen LogP contribution in [-0.4, -0.2) is 59.2 Å². The Morgan fingerprint density at radius 2 is 1.42 bits per heavy atom. The first-order valence-corrected chi connectivity index (χ1v) is 15.1. The fourth-order valence-electron chi connectivity index (χ4n) is 4.63. The molecule has 3 atom stereocenters. The van der Waals surface area contributed by atoms with Crippen LogP contribution in [-0.2, 0) is 20.8 Å². The summed E-state index contributed by atoms with van der Waals surface area (Å²) in [4.78, 5) is 64.1. The minimum Gasteiger partial charge on any atom is -0.370 e. The predicted octanol–water partition coefficient (Wildman–Crippen LogP) is 2.89. The summed E-state index contributed by atoms with van der Waals surface area (Å²) in [5.74, 6) is -2.88. The predicted molar refractivity (Wildman–Crippen MR) is 185 cm³/mol. The Morgan fingerprint density at radius 1 is 0.812 bits per heavy atom. The average Bonchev–Trinajstić information content (AvgIpc) is 3.05. The van der Waals surface area contributed by atoms with Crippen molar-refractivity contribution in [2.24, 2.45) is 11.7 Å². The summed E-state index contributed by atoms with van der Waals surface area (Å²) in [6, 6.07) is 19.7. The summed E-state index contributed by atoms with van der Waals surface area (Å²) in [6.07, 6.45) is 0.663. The maximum Gasteiger partial charge on any atom is 0.269 e. The molecule has 0 saturated heterocycles. The lowest BCUT2D eigenvalue weighted by Gasteiger charge is -2.27. The lowest BCUT2D eigenvalue weighted by Crippen LogP contribution is -2.58. The number of hydrogen-bond acceptors (Lipinski definition) is 7. The number of carbonyl (C=O) groups excluding carboxylic acids is 4. The standard InChI is InChI=1S/C33H40N8O6.ClH/c1-21(2)28(40-31(44)27(20-22-10-5-3-6-11-22)39-29(42)23-12-7-4-8-13-23)32(45)38-26(14-9-19-36-33(34)35)30(43)37-24-15-17-25(18-16-24)41(46)47;/h3-8,10-13,15-18,21,26-28H,9,14,19-20H2,1-2H3,(H,37,43)(H,38,45)(H,39,42)(H,40,44)(H4,34,35,36);1H/t26-,27-,28-;/m0./s1. The van der Waals surface area contributed by atoms with E-state index in [-0.39, 0.29) is 49.1 Å². The van der Waals surface area contributed by atoms with Gasteiger partial charge in [-0.15, -0.1) is 12.4 Å². The molecule has 0 fully saturated rings. The van der Waals surface area contributed by atoms with Gasteiger partial charge in [-0.1, -0.05) is 62.4 Å². The molecule has 15 heteroatoms. The number of nitro groups is 1. The Morgan fingerprint density at radius 3 is 1.98 bits per heavy atom. The number of carbonyl (C=O) groups is 4. The van der Waals surface area contributed by atoms with Crippen LogP contribution in [0.2, 0.25) is 0 Å². The van der Waals surface area contributed by atoms with Crippen LogP contribution in [0.5, 0.6) is 0 Å². The number of nitrogens with one attached hydrogen (secondary N) is 6. The molecule has 3 aromatic rings. The van der Waals surface area contributed by atoms with Crippen LogP contribution in [0.25, 0.3) is 0 Å². The van der Waals surface area contributed by atoms with Crippen molar-refractivity contribution in [2.75, 3.05) is 11.9 Å². The molecule has 0 aromatic heterocycles. The molecule has 14 nitrogen and oxygen atoms in total. The second-order valence-corrected chi connectivity index (χ2v) is 11.1. The van der Waals surface area contributed by atoms with Gasteiger partial charge in [-0.25, -0.2) is 0 Å². The number of nitro benzene ring substituents is 1. The first-order chi connectivity index (χ1) is 22.4. The Hall–Kier alpha value is -5.50. The largest absolute Gasteiger partial charge is 0.370 e. The Balaban J connectivity index is 0.00000800. The highest BCUT2D eigenvalue weighted by molar-refractivity contribution is 6.00. The number of hydrogen-bond donors (Lipinski definition) is 7. The van der Waals surface area contributed by atoms with Crippen molar-refractivity contribution in [1.82, 2.24) is 21.3 Å². The van der Waals surface area contributed by atoms with Crippen LogP contribution in [0, 0.1) is 21.4 Å². The number of guanidine groups is 1. The molecule has 0 spiro atoms. The molecule has 3 aromatic carbocycles. The summed E-state index contributed by atoms with van der Waals surface area (Å²) >= 11 is 0. The number of nitrogens with zero attached hydrogens (tertiary/aromatic N) is 1. The van der Waals surface area contributed by atoms with Crippen LogP contribution in [0.1, 0.15) is 42.6 Å². The zero-order chi connectivity index (χ0) is 34.3. The van der Waals surface area contributed by atoms with Crippen molar-refractivity contribution < 1.29 is 24.1 Å². The highest BCUT2D eigenvalue weighted by Gasteiger charge is 2.31. The smallest absolute Gasteiger partial charge is 0.269 e. The zero-order valence-corrected chi connectivity index (χ0v) is 27.4. The Bertz CT molecular complexity index is 1540. The van der Waals surface area contributed by atoms with E-state index in [9.17, 15) is 29.3 Å². The third-order valence-corrected chi connectivity index (χ3v) is 7.15. The van der Waals surface area contributed by atoms with Gasteiger partial charge in [0, 0.05) is 36.3 Å². The molecule has 0 aliphatic carbocycles. The second-order valence-electron chi connectivity index (χ2n) is 11.1. The normalized spacial score (nSPS) is 12.3. The van der Waals surface area contributed by atoms with E-state index < -0.39 is 52.6 Å². The van der Waals surface area contributed by atoms with Gasteiger partial charge < -0.3 is 32.3 Å². The quantitative estimate of drug-likeness (QED) is 0.0391. The number of nitrogens with two attached hydrogens (primary N) is 1. The van der Waals surface area contributed by atoms with E-state index in [2.05, 4.69) is 26.6 Å². The van der Waals surface area contributed by atoms with E-state index in [0.29, 0.717) is 12.0 Å². The molecular formula is C33H41ClN8O6. The fraction of sp³-hybridized carbons (Fsp3) is 0.303. The van der Waals surface area contributed by atoms with E-state index in [1.165, 1.54) is 24.3 Å². The van der Waals surface area contributed by atoms with Gasteiger partial charge >= 0.3 is 0 Å².